The molecule has 11 atom stereocenters. The van der Waals surface area contributed by atoms with E-state index in [0.29, 0.717) is 11.9 Å². The normalized spacial score (nSPS) is 32.2. The SMILES string of the molecule is CCCBOC1C[C@H]2OC[C@@]2(OC(C)=O)[C@H]2[C@H](OC(=O)c3ccccc3)[C@]3(O)C[C@H](OC(=O)[C@H](O)[C@@H](NC(=O)OC(C)(C)C)c4ccccc4)C(C)=C([C@@H](O)C(=O)[C@]12C)C3(C)C. The number of nitrogens with one attached hydrogen (secondary N) is 1. The Morgan fingerprint density at radius 2 is 1.63 bits per heavy atom. The van der Waals surface area contributed by atoms with Crippen molar-refractivity contribution in [3.05, 3.63) is 82.9 Å². The minimum absolute atomic E-state index is 0.0105. The molecule has 336 valence electrons. The fourth-order valence-corrected chi connectivity index (χ4v) is 10.1. The molecule has 4 aliphatic rings. The topological polar surface area (TPSA) is 213 Å². The number of amides is 1. The summed E-state index contributed by atoms with van der Waals surface area (Å²) in [4.78, 5) is 70.1. The molecule has 62 heavy (non-hydrogen) atoms. The molecule has 0 spiro atoms. The van der Waals surface area contributed by atoms with Gasteiger partial charge in [0.05, 0.1) is 35.6 Å². The van der Waals surface area contributed by atoms with Crippen LogP contribution in [0.15, 0.2) is 71.8 Å². The van der Waals surface area contributed by atoms with E-state index in [2.05, 4.69) is 5.32 Å². The lowest BCUT2D eigenvalue weighted by atomic mass is 9.44. The fraction of sp³-hybridized carbons (Fsp3) is 0.587. The second-order valence-corrected chi connectivity index (χ2v) is 18.8. The summed E-state index contributed by atoms with van der Waals surface area (Å²) in [6.07, 6.45) is -8.83. The minimum Gasteiger partial charge on any atom is -0.456 e. The number of aliphatic hydroxyl groups excluding tert-OH is 2. The van der Waals surface area contributed by atoms with Crippen LogP contribution in [0.4, 0.5) is 4.79 Å². The molecule has 4 N–H and O–H groups in total. The quantitative estimate of drug-likeness (QED) is 0.0763. The van der Waals surface area contributed by atoms with Crippen LogP contribution in [0, 0.1) is 16.7 Å². The highest BCUT2D eigenvalue weighted by Gasteiger charge is 2.78. The van der Waals surface area contributed by atoms with Crippen molar-refractivity contribution < 1.29 is 67.6 Å². The molecule has 2 bridgehead atoms. The highest BCUT2D eigenvalue weighted by molar-refractivity contribution is 6.27. The summed E-state index contributed by atoms with van der Waals surface area (Å²) in [5, 5.41) is 40.4. The van der Waals surface area contributed by atoms with E-state index in [9.17, 15) is 34.5 Å². The number of benzene rings is 2. The van der Waals surface area contributed by atoms with Crippen LogP contribution in [0.5, 0.6) is 0 Å². The first-order valence-corrected chi connectivity index (χ1v) is 21.3. The highest BCUT2D eigenvalue weighted by Crippen LogP contribution is 2.64. The third-order valence-electron chi connectivity index (χ3n) is 13.4. The number of carbonyl (C=O) groups excluding carboxylic acids is 5. The van der Waals surface area contributed by atoms with Gasteiger partial charge in [0, 0.05) is 25.2 Å². The molecule has 2 aromatic carbocycles. The Balaban J connectivity index is 1.51. The summed E-state index contributed by atoms with van der Waals surface area (Å²) >= 11 is 0. The number of aliphatic hydroxyl groups is 3. The third kappa shape index (κ3) is 8.32. The van der Waals surface area contributed by atoms with Gasteiger partial charge < -0.3 is 49.0 Å². The molecule has 1 amide bonds. The maximum Gasteiger partial charge on any atom is 0.408 e. The number of ketones is 1. The molecule has 1 unspecified atom stereocenters. The molecule has 1 saturated heterocycles. The monoisotopic (exact) mass is 861 g/mol. The lowest BCUT2D eigenvalue weighted by molar-refractivity contribution is -0.344. The highest BCUT2D eigenvalue weighted by atomic mass is 16.6. The predicted octanol–water partition coefficient (Wildman–Crippen LogP) is 4.46. The maximum atomic E-state index is 15.5. The fourth-order valence-electron chi connectivity index (χ4n) is 10.1. The van der Waals surface area contributed by atoms with E-state index in [0.717, 1.165) is 6.42 Å². The van der Waals surface area contributed by atoms with E-state index in [1.165, 1.54) is 19.1 Å². The molecule has 3 aliphatic carbocycles. The molecule has 0 radical (unpaired) electrons. The van der Waals surface area contributed by atoms with Crippen LogP contribution in [-0.2, 0) is 42.7 Å². The lowest BCUT2D eigenvalue weighted by Gasteiger charge is -2.68. The third-order valence-corrected chi connectivity index (χ3v) is 13.4. The number of hydrogen-bond acceptors (Lipinski definition) is 14. The van der Waals surface area contributed by atoms with Crippen molar-refractivity contribution >= 4 is 37.3 Å². The molecule has 0 aromatic heterocycles. The standard InChI is InChI=1S/C46H60BNO14/c1-10-21-47-62-30-22-31-45(24-57-31,60-26(3)49)36-38(59-39(53)28-19-15-12-16-20-28)46(56)23-29(25(2)32(43(46,7)8)34(50)37(52)44(30,36)9)58-40(54)35(51)33(27-17-13-11-14-18-27)48-41(55)61-42(4,5)6/h11-20,29-31,33-36,38,47,50-51,56H,10,21-24H2,1-9H3,(H,48,55)/t29-,30?,31+,33-,34+,35+,36-,38-,44+,45-,46+/m0/s1. The minimum atomic E-state index is -2.30. The molecular formula is C46H60BNO14. The average molecular weight is 862 g/mol. The second kappa shape index (κ2) is 17.5. The van der Waals surface area contributed by atoms with Crippen molar-refractivity contribution in [1.82, 2.24) is 5.32 Å². The van der Waals surface area contributed by atoms with Crippen LogP contribution >= 0.6 is 0 Å². The van der Waals surface area contributed by atoms with Crippen LogP contribution in [0.25, 0.3) is 0 Å². The zero-order valence-corrected chi connectivity index (χ0v) is 37.0. The summed E-state index contributed by atoms with van der Waals surface area (Å²) in [5.74, 6) is -4.93. The van der Waals surface area contributed by atoms with E-state index in [1.807, 2.05) is 6.92 Å². The largest absolute Gasteiger partial charge is 0.456 e. The van der Waals surface area contributed by atoms with Crippen LogP contribution in [0.2, 0.25) is 6.32 Å². The van der Waals surface area contributed by atoms with Gasteiger partial charge >= 0.3 is 24.0 Å². The van der Waals surface area contributed by atoms with E-state index >= 15 is 4.79 Å². The first-order chi connectivity index (χ1) is 29.0. The van der Waals surface area contributed by atoms with Crippen molar-refractivity contribution in [2.45, 2.75) is 147 Å². The molecule has 15 nitrogen and oxygen atoms in total. The number of esters is 3. The van der Waals surface area contributed by atoms with E-state index < -0.39 is 112 Å². The summed E-state index contributed by atoms with van der Waals surface area (Å²) in [5.41, 5.74) is -7.55. The van der Waals surface area contributed by atoms with Gasteiger partial charge in [-0.05, 0) is 63.5 Å². The average Bonchev–Trinajstić information content (AvgIpc) is 3.20. The Bertz CT molecular complexity index is 2050. The first kappa shape index (κ1) is 46.9. The van der Waals surface area contributed by atoms with Crippen LogP contribution in [0.3, 0.4) is 0 Å². The summed E-state index contributed by atoms with van der Waals surface area (Å²) in [6.45, 7) is 14.3. The Morgan fingerprint density at radius 3 is 2.19 bits per heavy atom. The van der Waals surface area contributed by atoms with Crippen LogP contribution in [-0.4, -0.2) is 113 Å². The smallest absolute Gasteiger partial charge is 0.408 e. The van der Waals surface area contributed by atoms with Crippen molar-refractivity contribution in [2.24, 2.45) is 16.7 Å². The summed E-state index contributed by atoms with van der Waals surface area (Å²) < 4.78 is 36.7. The molecule has 1 heterocycles. The van der Waals surface area contributed by atoms with Crippen LogP contribution in [0.1, 0.15) is 104 Å². The molecule has 2 aromatic rings. The Hall–Kier alpha value is -4.61. The zero-order valence-electron chi connectivity index (χ0n) is 37.0. The van der Waals surface area contributed by atoms with Gasteiger partial charge in [-0.3, -0.25) is 9.59 Å². The Kier molecular flexibility index (Phi) is 13.2. The molecular weight excluding hydrogens is 801 g/mol. The number of rotatable bonds is 12. The number of fused-ring (bicyclic) bond motifs is 5. The predicted molar refractivity (Wildman–Crippen MR) is 225 cm³/mol. The molecule has 3 fully saturated rings. The Morgan fingerprint density at radius 1 is 1.00 bits per heavy atom. The van der Waals surface area contributed by atoms with Gasteiger partial charge in [-0.15, -0.1) is 0 Å². The number of hydrogen-bond donors (Lipinski definition) is 4. The summed E-state index contributed by atoms with van der Waals surface area (Å²) in [6, 6.07) is 14.9. The van der Waals surface area contributed by atoms with Crippen molar-refractivity contribution in [3.8, 4) is 0 Å². The zero-order chi connectivity index (χ0) is 45.6. The second-order valence-electron chi connectivity index (χ2n) is 18.8. The molecule has 6 rings (SSSR count). The number of carbonyl (C=O) groups is 5. The number of ether oxygens (including phenoxy) is 5. The summed E-state index contributed by atoms with van der Waals surface area (Å²) in [7, 11) is 0.235. The number of alkyl carbamates (subject to hydrolysis) is 1. The van der Waals surface area contributed by atoms with Crippen molar-refractivity contribution in [3.63, 3.8) is 0 Å². The Labute approximate surface area is 363 Å². The molecule has 2 saturated carbocycles. The van der Waals surface area contributed by atoms with Gasteiger partial charge in [0.25, 0.3) is 7.48 Å². The van der Waals surface area contributed by atoms with Gasteiger partial charge in [-0.1, -0.05) is 82.0 Å². The first-order valence-electron chi connectivity index (χ1n) is 21.3. The van der Waals surface area contributed by atoms with E-state index in [1.54, 1.807) is 97.0 Å². The van der Waals surface area contributed by atoms with Gasteiger partial charge in [0.2, 0.25) is 0 Å². The van der Waals surface area contributed by atoms with Gasteiger partial charge in [0.15, 0.2) is 17.5 Å². The van der Waals surface area contributed by atoms with E-state index in [4.69, 9.17) is 28.3 Å². The van der Waals surface area contributed by atoms with Crippen LogP contribution < -0.4 is 5.32 Å². The molecule has 1 aliphatic heterocycles. The maximum absolute atomic E-state index is 15.5. The molecule has 16 heteroatoms. The lowest BCUT2D eigenvalue weighted by Crippen LogP contribution is -2.82. The van der Waals surface area contributed by atoms with E-state index in [-0.39, 0.29) is 37.2 Å². The van der Waals surface area contributed by atoms with Gasteiger partial charge in [-0.25, -0.2) is 14.4 Å². The number of Topliss-reactive ketones (excluding diaryl/α,β-unsaturated/α-hetero) is 1. The van der Waals surface area contributed by atoms with Crippen molar-refractivity contribution in [2.75, 3.05) is 6.61 Å². The van der Waals surface area contributed by atoms with Gasteiger partial charge in [-0.2, -0.15) is 0 Å². The van der Waals surface area contributed by atoms with Crippen molar-refractivity contribution in [1.29, 1.82) is 0 Å². The van der Waals surface area contributed by atoms with Gasteiger partial charge in [0.1, 0.15) is 35.6 Å².